The van der Waals surface area contributed by atoms with Crippen LogP contribution in [0.5, 0.6) is 11.5 Å². The van der Waals surface area contributed by atoms with E-state index in [0.29, 0.717) is 11.6 Å². The van der Waals surface area contributed by atoms with E-state index in [2.05, 4.69) is 15.3 Å². The number of imidazole rings is 1. The Hall–Kier alpha value is -4.72. The number of methoxy groups -OCH3 is 1. The number of nitrogens with one attached hydrogen (secondary N) is 1. The molecule has 3 aromatic heterocycles. The molecule has 10 nitrogen and oxygen atoms in total. The van der Waals surface area contributed by atoms with Crippen LogP contribution in [0.3, 0.4) is 0 Å². The molecule has 1 aliphatic heterocycles. The van der Waals surface area contributed by atoms with Crippen LogP contribution in [0.1, 0.15) is 53.0 Å². The number of amides is 2. The summed E-state index contributed by atoms with van der Waals surface area (Å²) in [7, 11) is 1.38. The molecule has 0 saturated heterocycles. The van der Waals surface area contributed by atoms with Crippen LogP contribution in [0.15, 0.2) is 48.8 Å². The first-order valence-corrected chi connectivity index (χ1v) is 13.6. The Bertz CT molecular complexity index is 1800. The van der Waals surface area contributed by atoms with E-state index < -0.39 is 47.1 Å². The van der Waals surface area contributed by atoms with E-state index in [-0.39, 0.29) is 40.5 Å². The molecule has 1 fully saturated rings. The van der Waals surface area contributed by atoms with Crippen molar-refractivity contribution in [1.82, 2.24) is 19.7 Å². The van der Waals surface area contributed by atoms with Gasteiger partial charge in [-0.1, -0.05) is 0 Å². The summed E-state index contributed by atoms with van der Waals surface area (Å²) in [6, 6.07) is 6.94. The molecule has 4 aromatic rings. The molecular formula is C30H27F4N5O5. The van der Waals surface area contributed by atoms with Crippen molar-refractivity contribution in [2.24, 2.45) is 5.73 Å². The van der Waals surface area contributed by atoms with Gasteiger partial charge in [0.1, 0.15) is 29.3 Å². The zero-order chi connectivity index (χ0) is 31.6. The van der Waals surface area contributed by atoms with E-state index in [0.717, 1.165) is 36.7 Å². The lowest BCUT2D eigenvalue weighted by atomic mass is 9.81. The van der Waals surface area contributed by atoms with Crippen molar-refractivity contribution in [3.05, 3.63) is 77.1 Å². The fourth-order valence-electron chi connectivity index (χ4n) is 5.19. The van der Waals surface area contributed by atoms with Gasteiger partial charge in [0, 0.05) is 29.4 Å². The lowest BCUT2D eigenvalue weighted by Crippen LogP contribution is -2.51. The molecule has 2 atom stereocenters. The Morgan fingerprint density at radius 2 is 1.89 bits per heavy atom. The van der Waals surface area contributed by atoms with Crippen molar-refractivity contribution >= 4 is 17.5 Å². The van der Waals surface area contributed by atoms with Gasteiger partial charge in [-0.15, -0.1) is 0 Å². The minimum absolute atomic E-state index is 0.0264. The minimum atomic E-state index is -5.35. The van der Waals surface area contributed by atoms with E-state index in [1.807, 2.05) is 0 Å². The lowest BCUT2D eigenvalue weighted by Gasteiger charge is -2.31. The summed E-state index contributed by atoms with van der Waals surface area (Å²) in [5.41, 5.74) is 0.584. The van der Waals surface area contributed by atoms with Gasteiger partial charge in [-0.2, -0.15) is 13.2 Å². The van der Waals surface area contributed by atoms with Gasteiger partial charge in [-0.05, 0) is 56.2 Å². The van der Waals surface area contributed by atoms with E-state index in [1.54, 1.807) is 10.6 Å². The van der Waals surface area contributed by atoms with Crippen molar-refractivity contribution in [3.8, 4) is 22.8 Å². The van der Waals surface area contributed by atoms with Gasteiger partial charge in [-0.3, -0.25) is 9.59 Å². The number of rotatable bonds is 8. The highest BCUT2D eigenvalue weighted by Gasteiger charge is 2.57. The number of hydrogen-bond donors (Lipinski definition) is 3. The van der Waals surface area contributed by atoms with Crippen molar-refractivity contribution in [3.63, 3.8) is 0 Å². The average Bonchev–Trinajstić information content (AvgIpc) is 3.65. The number of ether oxygens (including phenoxy) is 2. The largest absolute Gasteiger partial charge is 0.493 e. The Balaban J connectivity index is 1.40. The van der Waals surface area contributed by atoms with Crippen LogP contribution >= 0.6 is 0 Å². The molecule has 6 rings (SSSR count). The minimum Gasteiger partial charge on any atom is -0.493 e. The molecule has 2 amide bonds. The Morgan fingerprint density at radius 1 is 1.18 bits per heavy atom. The van der Waals surface area contributed by atoms with E-state index in [4.69, 9.17) is 15.2 Å². The van der Waals surface area contributed by atoms with Gasteiger partial charge < -0.3 is 30.0 Å². The second kappa shape index (κ2) is 10.2. The predicted molar refractivity (Wildman–Crippen MR) is 148 cm³/mol. The van der Waals surface area contributed by atoms with Gasteiger partial charge in [0.2, 0.25) is 11.5 Å². The van der Waals surface area contributed by atoms with Crippen molar-refractivity contribution in [1.29, 1.82) is 0 Å². The highest BCUT2D eigenvalue weighted by atomic mass is 19.4. The van der Waals surface area contributed by atoms with Gasteiger partial charge in [0.15, 0.2) is 11.4 Å². The Kier molecular flexibility index (Phi) is 6.79. The van der Waals surface area contributed by atoms with Crippen LogP contribution in [-0.4, -0.2) is 57.7 Å². The summed E-state index contributed by atoms with van der Waals surface area (Å²) in [6.07, 6.45) is -0.231. The number of primary amides is 1. The highest BCUT2D eigenvalue weighted by molar-refractivity contribution is 5.95. The number of alkyl halides is 3. The summed E-state index contributed by atoms with van der Waals surface area (Å²) in [4.78, 5) is 34.2. The summed E-state index contributed by atoms with van der Waals surface area (Å²) < 4.78 is 70.4. The number of carbonyl (C=O) groups excluding carboxylic acids is 2. The normalized spacial score (nSPS) is 19.2. The third kappa shape index (κ3) is 4.78. The molecule has 4 heterocycles. The maximum atomic E-state index is 14.7. The summed E-state index contributed by atoms with van der Waals surface area (Å²) in [6.45, 7) is -0.239. The van der Waals surface area contributed by atoms with Crippen LogP contribution < -0.4 is 20.5 Å². The van der Waals surface area contributed by atoms with E-state index in [1.165, 1.54) is 38.4 Å². The molecule has 1 aromatic carbocycles. The number of carbonyl (C=O) groups is 2. The van der Waals surface area contributed by atoms with Crippen LogP contribution in [0.2, 0.25) is 0 Å². The molecule has 44 heavy (non-hydrogen) atoms. The van der Waals surface area contributed by atoms with Crippen LogP contribution in [-0.2, 0) is 15.8 Å². The topological polar surface area (TPSA) is 141 Å². The number of aliphatic hydroxyl groups is 1. The lowest BCUT2D eigenvalue weighted by molar-refractivity contribution is -0.265. The van der Waals surface area contributed by atoms with Crippen molar-refractivity contribution < 1.29 is 41.7 Å². The number of halogens is 4. The van der Waals surface area contributed by atoms with Gasteiger partial charge in [-0.25, -0.2) is 14.4 Å². The fourth-order valence-corrected chi connectivity index (χ4v) is 5.19. The fraction of sp³-hybridized carbons (Fsp3) is 0.333. The first-order valence-electron chi connectivity index (χ1n) is 13.6. The average molecular weight is 614 g/mol. The molecule has 0 bridgehead atoms. The highest BCUT2D eigenvalue weighted by Crippen LogP contribution is 2.48. The monoisotopic (exact) mass is 613 g/mol. The number of nitrogens with two attached hydrogens (primary N) is 1. The third-order valence-electron chi connectivity index (χ3n) is 8.15. The maximum absolute atomic E-state index is 14.7. The number of pyridine rings is 2. The second-order valence-corrected chi connectivity index (χ2v) is 11.2. The number of nitrogens with zero attached hydrogens (tertiary/aromatic N) is 3. The molecule has 230 valence electrons. The van der Waals surface area contributed by atoms with E-state index >= 15 is 0 Å². The summed E-state index contributed by atoms with van der Waals surface area (Å²) in [5.74, 6) is -1.89. The molecule has 0 spiro atoms. The summed E-state index contributed by atoms with van der Waals surface area (Å²) in [5, 5.41) is 13.4. The first-order chi connectivity index (χ1) is 20.7. The SMILES string of the molecule is COc1cc(C(=O)NCC(O)(c2cc3c(c(-c4ccc(F)cc4)n2)OC[C@]3(C)C(N)=O)C(F)(F)F)cn2cc(C3CC3)nc12. The molecule has 1 aliphatic carbocycles. The number of aromatic nitrogens is 3. The number of benzene rings is 1. The molecule has 14 heteroatoms. The predicted octanol–water partition coefficient (Wildman–Crippen LogP) is 3.74. The Morgan fingerprint density at radius 3 is 2.50 bits per heavy atom. The Labute approximate surface area is 247 Å². The summed E-state index contributed by atoms with van der Waals surface area (Å²) >= 11 is 0. The number of hydrogen-bond acceptors (Lipinski definition) is 7. The van der Waals surface area contributed by atoms with Crippen LogP contribution in [0.25, 0.3) is 16.9 Å². The van der Waals surface area contributed by atoms with Crippen LogP contribution in [0, 0.1) is 5.82 Å². The zero-order valence-electron chi connectivity index (χ0n) is 23.5. The first kappa shape index (κ1) is 29.4. The molecule has 1 unspecified atom stereocenters. The maximum Gasteiger partial charge on any atom is 0.424 e. The molecule has 0 radical (unpaired) electrons. The molecule has 4 N–H and O–H groups in total. The third-order valence-corrected chi connectivity index (χ3v) is 8.15. The van der Waals surface area contributed by atoms with Crippen molar-refractivity contribution in [2.45, 2.75) is 42.9 Å². The van der Waals surface area contributed by atoms with Gasteiger partial charge in [0.25, 0.3) is 5.91 Å². The van der Waals surface area contributed by atoms with E-state index in [9.17, 15) is 32.3 Å². The molecule has 2 aliphatic rings. The molecular weight excluding hydrogens is 586 g/mol. The van der Waals surface area contributed by atoms with Crippen LogP contribution in [0.4, 0.5) is 17.6 Å². The zero-order valence-corrected chi connectivity index (χ0v) is 23.5. The van der Waals surface area contributed by atoms with Gasteiger partial charge >= 0.3 is 6.18 Å². The van der Waals surface area contributed by atoms with Gasteiger partial charge in [0.05, 0.1) is 30.6 Å². The smallest absolute Gasteiger partial charge is 0.424 e. The van der Waals surface area contributed by atoms with Crippen molar-refractivity contribution in [2.75, 3.05) is 20.3 Å². The quantitative estimate of drug-likeness (QED) is 0.257. The standard InChI is InChI=1S/C30H27F4N5O5/c1-28(27(35)41)14-44-24-19(28)10-22(38-23(24)16-5-7-18(31)8-6-16)29(42,30(32,33)34)13-36-26(40)17-9-21(43-2)25-37-20(15-3-4-15)12-39(25)11-17/h5-12,15,42H,3-4,13-14H2,1-2H3,(H2,35,41)(H,36,40)/t28-,29?/m0/s1. The molecule has 1 saturated carbocycles. The second-order valence-electron chi connectivity index (χ2n) is 11.2. The number of fused-ring (bicyclic) bond motifs is 2.